The lowest BCUT2D eigenvalue weighted by Crippen LogP contribution is -2.34. The van der Waals surface area contributed by atoms with E-state index in [0.29, 0.717) is 12.5 Å². The summed E-state index contributed by atoms with van der Waals surface area (Å²) in [5.41, 5.74) is 5.56. The van der Waals surface area contributed by atoms with E-state index in [1.54, 1.807) is 6.20 Å². The molecule has 8 heteroatoms. The quantitative estimate of drug-likeness (QED) is 0.322. The molecule has 0 spiro atoms. The van der Waals surface area contributed by atoms with E-state index in [1.807, 2.05) is 53.3 Å². The van der Waals surface area contributed by atoms with E-state index in [4.69, 9.17) is 9.72 Å². The van der Waals surface area contributed by atoms with Crippen LogP contribution >= 0.6 is 0 Å². The van der Waals surface area contributed by atoms with Crippen LogP contribution in [0.25, 0.3) is 5.65 Å². The van der Waals surface area contributed by atoms with E-state index < -0.39 is 0 Å². The topological polar surface area (TPSA) is 67.6 Å². The predicted molar refractivity (Wildman–Crippen MR) is 153 cm³/mol. The highest BCUT2D eigenvalue weighted by Gasteiger charge is 2.24. The molecule has 1 aliphatic rings. The van der Waals surface area contributed by atoms with Gasteiger partial charge in [0.2, 0.25) is 0 Å². The molecule has 0 aliphatic carbocycles. The maximum absolute atomic E-state index is 5.96. The summed E-state index contributed by atoms with van der Waals surface area (Å²) in [5.74, 6) is 3.05. The number of ether oxygens (including phenoxy) is 1. The lowest BCUT2D eigenvalue weighted by Gasteiger charge is -2.32. The van der Waals surface area contributed by atoms with Gasteiger partial charge in [0.05, 0.1) is 5.69 Å². The minimum absolute atomic E-state index is 0.377. The highest BCUT2D eigenvalue weighted by Crippen LogP contribution is 2.29. The van der Waals surface area contributed by atoms with Crippen LogP contribution in [0.5, 0.6) is 11.5 Å². The third kappa shape index (κ3) is 5.55. The second-order valence-corrected chi connectivity index (χ2v) is 9.98. The van der Waals surface area contributed by atoms with Crippen LogP contribution in [-0.4, -0.2) is 45.4 Å². The molecule has 38 heavy (non-hydrogen) atoms. The number of nitrogens with zero attached hydrogens (tertiary/aromatic N) is 5. The Morgan fingerprint density at radius 1 is 0.947 bits per heavy atom. The van der Waals surface area contributed by atoms with Gasteiger partial charge in [-0.05, 0) is 66.3 Å². The molecule has 1 atom stereocenters. The van der Waals surface area contributed by atoms with Crippen LogP contribution in [0.1, 0.15) is 35.6 Å². The van der Waals surface area contributed by atoms with E-state index in [1.165, 1.54) is 5.56 Å². The van der Waals surface area contributed by atoms with Crippen molar-refractivity contribution in [1.29, 1.82) is 0 Å². The minimum Gasteiger partial charge on any atom is -0.457 e. The molecular formula is C30H31BN6O. The number of likely N-dealkylation sites (tertiary alicyclic amines) is 1. The van der Waals surface area contributed by atoms with E-state index >= 15 is 0 Å². The molecule has 3 aromatic heterocycles. The van der Waals surface area contributed by atoms with Crippen LogP contribution in [0.4, 0.5) is 5.82 Å². The summed E-state index contributed by atoms with van der Waals surface area (Å²) in [6.07, 6.45) is 7.87. The Morgan fingerprint density at radius 2 is 1.79 bits per heavy atom. The van der Waals surface area contributed by atoms with Crippen molar-refractivity contribution in [3.8, 4) is 11.5 Å². The van der Waals surface area contributed by atoms with Gasteiger partial charge in [-0.1, -0.05) is 36.4 Å². The predicted octanol–water partition coefficient (Wildman–Crippen LogP) is 4.17. The summed E-state index contributed by atoms with van der Waals surface area (Å²) in [6, 6.07) is 24.6. The number of aromatic nitrogens is 4. The molecule has 0 saturated carbocycles. The van der Waals surface area contributed by atoms with Crippen LogP contribution in [-0.2, 0) is 13.1 Å². The number of rotatable bonds is 8. The van der Waals surface area contributed by atoms with Crippen LogP contribution < -0.4 is 15.5 Å². The Morgan fingerprint density at radius 3 is 2.61 bits per heavy atom. The van der Waals surface area contributed by atoms with E-state index in [9.17, 15) is 0 Å². The van der Waals surface area contributed by atoms with Gasteiger partial charge >= 0.3 is 0 Å². The zero-order chi connectivity index (χ0) is 25.7. The van der Waals surface area contributed by atoms with Gasteiger partial charge in [-0.15, -0.1) is 0 Å². The van der Waals surface area contributed by atoms with Crippen molar-refractivity contribution in [3.63, 3.8) is 0 Å². The number of nitrogens with one attached hydrogen (secondary N) is 1. The van der Waals surface area contributed by atoms with Crippen molar-refractivity contribution in [2.24, 2.45) is 0 Å². The molecule has 190 valence electrons. The lowest BCUT2D eigenvalue weighted by atomic mass is 9.93. The molecule has 1 N–H and O–H groups in total. The average molecular weight is 502 g/mol. The van der Waals surface area contributed by atoms with Crippen molar-refractivity contribution in [3.05, 3.63) is 108 Å². The number of anilines is 1. The molecule has 7 nitrogen and oxygen atoms in total. The monoisotopic (exact) mass is 502 g/mol. The highest BCUT2D eigenvalue weighted by molar-refractivity contribution is 6.36. The first-order valence-electron chi connectivity index (χ1n) is 13.2. The Bertz CT molecular complexity index is 1490. The Kier molecular flexibility index (Phi) is 7.04. The van der Waals surface area contributed by atoms with Gasteiger partial charge in [-0.2, -0.15) is 9.61 Å². The fourth-order valence-corrected chi connectivity index (χ4v) is 5.11. The van der Waals surface area contributed by atoms with Gasteiger partial charge in [0.25, 0.3) is 0 Å². The van der Waals surface area contributed by atoms with Gasteiger partial charge in [0, 0.05) is 50.2 Å². The first-order valence-corrected chi connectivity index (χ1v) is 13.2. The average Bonchev–Trinajstić information content (AvgIpc) is 3.34. The Labute approximate surface area is 223 Å². The molecular weight excluding hydrogens is 471 g/mol. The Hall–Kier alpha value is -4.17. The van der Waals surface area contributed by atoms with E-state index in [-0.39, 0.29) is 0 Å². The van der Waals surface area contributed by atoms with Crippen LogP contribution in [0.3, 0.4) is 0 Å². The minimum atomic E-state index is 0.377. The Balaban J connectivity index is 1.15. The van der Waals surface area contributed by atoms with E-state index in [0.717, 1.165) is 72.2 Å². The summed E-state index contributed by atoms with van der Waals surface area (Å²) >= 11 is 0. The van der Waals surface area contributed by atoms with Crippen molar-refractivity contribution < 1.29 is 4.74 Å². The maximum Gasteiger partial charge on any atom is 0.151 e. The second-order valence-electron chi connectivity index (χ2n) is 9.98. The molecule has 1 aliphatic heterocycles. The number of hydrogen-bond acceptors (Lipinski definition) is 6. The molecule has 0 radical (unpaired) electrons. The third-order valence-electron chi connectivity index (χ3n) is 7.10. The standard InChI is InChI=1S/C30H31BN6O/c31-27-19-34-37-29(33-18-23-6-4-14-32-17-23)16-28(35-30(27)37)24-7-5-15-36(21-24)20-22-10-12-26(13-11-22)38-25-8-2-1-3-9-25/h1-4,6,8-14,16-17,19,24,33H,5,7,15,18,20-21,31H2. The highest BCUT2D eigenvalue weighted by atomic mass is 16.5. The lowest BCUT2D eigenvalue weighted by molar-refractivity contribution is 0.198. The largest absolute Gasteiger partial charge is 0.457 e. The SMILES string of the molecule is Bc1cnn2c(NCc3cccnc3)cc(C3CCCN(Cc4ccc(Oc5ccccc5)cc4)C3)nc12. The fourth-order valence-electron chi connectivity index (χ4n) is 5.11. The number of pyridine rings is 1. The van der Waals surface area contributed by atoms with Gasteiger partial charge in [-0.25, -0.2) is 4.98 Å². The molecule has 0 bridgehead atoms. The molecule has 4 heterocycles. The number of piperidine rings is 1. The van der Waals surface area contributed by atoms with E-state index in [2.05, 4.69) is 64.5 Å². The summed E-state index contributed by atoms with van der Waals surface area (Å²) in [5, 5.41) is 8.14. The first kappa shape index (κ1) is 24.2. The van der Waals surface area contributed by atoms with Crippen LogP contribution in [0, 0.1) is 0 Å². The fraction of sp³-hybridized carbons (Fsp3) is 0.233. The normalized spacial score (nSPS) is 15.9. The third-order valence-corrected chi connectivity index (χ3v) is 7.10. The number of benzene rings is 2. The van der Waals surface area contributed by atoms with Crippen molar-refractivity contribution in [2.45, 2.75) is 31.8 Å². The zero-order valence-corrected chi connectivity index (χ0v) is 21.6. The summed E-state index contributed by atoms with van der Waals surface area (Å²) < 4.78 is 7.87. The molecule has 0 amide bonds. The number of para-hydroxylation sites is 1. The molecule has 1 saturated heterocycles. The summed E-state index contributed by atoms with van der Waals surface area (Å²) in [6.45, 7) is 3.69. The second kappa shape index (κ2) is 11.1. The maximum atomic E-state index is 5.96. The zero-order valence-electron chi connectivity index (χ0n) is 21.6. The summed E-state index contributed by atoms with van der Waals surface area (Å²) in [4.78, 5) is 11.8. The molecule has 6 rings (SSSR count). The van der Waals surface area contributed by atoms with Crippen molar-refractivity contribution in [2.75, 3.05) is 18.4 Å². The molecule has 5 aromatic rings. The number of hydrogen-bond donors (Lipinski definition) is 1. The molecule has 1 fully saturated rings. The van der Waals surface area contributed by atoms with Crippen LogP contribution in [0.2, 0.25) is 0 Å². The van der Waals surface area contributed by atoms with Crippen molar-refractivity contribution in [1.82, 2.24) is 24.5 Å². The molecule has 1 unspecified atom stereocenters. The number of fused-ring (bicyclic) bond motifs is 1. The smallest absolute Gasteiger partial charge is 0.151 e. The molecule has 2 aromatic carbocycles. The first-order chi connectivity index (χ1) is 18.7. The van der Waals surface area contributed by atoms with Gasteiger partial charge in [0.15, 0.2) is 5.65 Å². The van der Waals surface area contributed by atoms with Crippen molar-refractivity contribution >= 4 is 24.8 Å². The van der Waals surface area contributed by atoms with Gasteiger partial charge < -0.3 is 10.1 Å². The summed E-state index contributed by atoms with van der Waals surface area (Å²) in [7, 11) is 2.07. The van der Waals surface area contributed by atoms with Gasteiger partial charge in [0.1, 0.15) is 25.2 Å². The van der Waals surface area contributed by atoms with Crippen LogP contribution in [0.15, 0.2) is 91.4 Å². The van der Waals surface area contributed by atoms with Gasteiger partial charge in [-0.3, -0.25) is 9.88 Å².